The van der Waals surface area contributed by atoms with E-state index in [4.69, 9.17) is 44.8 Å². The summed E-state index contributed by atoms with van der Waals surface area (Å²) in [7, 11) is -15.8. The average Bonchev–Trinajstić information content (AvgIpc) is 3.42. The lowest BCUT2D eigenvalue weighted by Crippen LogP contribution is -2.57. The van der Waals surface area contributed by atoms with Crippen LogP contribution in [0.4, 0.5) is 26.3 Å². The summed E-state index contributed by atoms with van der Waals surface area (Å²) < 4.78 is 141. The largest absolute Gasteiger partial charge is 0.741 e. The van der Waals surface area contributed by atoms with Crippen LogP contribution in [-0.4, -0.2) is 85.6 Å². The Hall–Kier alpha value is -2.81. The standard InChI is InChI=1S/2C21H42N3OSi.2CHF3O3S/c2*1-15-16(2)24(21(9,10)11)18(23(15)20(6,7)8)17(22-19(3,4)5)25-26(12,13)14;2*2-1(3,4)8(5,6)7/h2*1-14H3;2*(H,5,6,7)/q2*+1;;/p-2. The zero-order valence-corrected chi connectivity index (χ0v) is 49.7. The first kappa shape index (κ1) is 67.3. The van der Waals surface area contributed by atoms with Gasteiger partial charge in [-0.05, 0) is 164 Å². The Morgan fingerprint density at radius 2 is 0.676 bits per heavy atom. The van der Waals surface area contributed by atoms with Crippen LogP contribution in [0, 0.1) is 27.7 Å². The Morgan fingerprint density at radius 3 is 0.794 bits per heavy atom. The minimum absolute atomic E-state index is 0.0673. The van der Waals surface area contributed by atoms with Crippen LogP contribution in [0.3, 0.4) is 0 Å². The fourth-order valence-electron chi connectivity index (χ4n) is 6.57. The SMILES string of the molecule is Cc1c(C)[n+](C(C)(C)C)c(C(=NC(C)(C)C)O[Si](C)(C)C)n1C(C)(C)C.Cc1c(C)[n+](C(C)(C)C)c(C(=NC(C)(C)C)O[Si](C)(C)C)n1C(C)(C)C.O=S(=O)([O-])C(F)(F)F.O=S(=O)([O-])C(F)(F)F. The monoisotopic (exact) mass is 1060 g/mol. The molecule has 24 heteroatoms. The van der Waals surface area contributed by atoms with E-state index in [1.165, 1.54) is 22.8 Å². The number of alkyl halides is 6. The molecule has 68 heavy (non-hydrogen) atoms. The molecule has 0 aliphatic carbocycles. The van der Waals surface area contributed by atoms with Gasteiger partial charge in [0.15, 0.2) is 20.2 Å². The van der Waals surface area contributed by atoms with Gasteiger partial charge >= 0.3 is 22.7 Å². The number of hydrogen-bond donors (Lipinski definition) is 0. The Bertz CT molecular complexity index is 2100. The second kappa shape index (κ2) is 21.5. The summed E-state index contributed by atoms with van der Waals surface area (Å²) >= 11 is 0. The average molecular weight is 1060 g/mol. The molecule has 2 aromatic rings. The number of rotatable bonds is 4. The summed E-state index contributed by atoms with van der Waals surface area (Å²) in [5.41, 5.74) is -6.91. The van der Waals surface area contributed by atoms with E-state index in [1.54, 1.807) is 0 Å². The van der Waals surface area contributed by atoms with Crippen LogP contribution >= 0.6 is 0 Å². The van der Waals surface area contributed by atoms with Crippen molar-refractivity contribution >= 4 is 48.7 Å². The van der Waals surface area contributed by atoms with Crippen molar-refractivity contribution in [3.63, 3.8) is 0 Å². The minimum atomic E-state index is -6.09. The lowest BCUT2D eigenvalue weighted by atomic mass is 10.1. The molecule has 0 N–H and O–H groups in total. The van der Waals surface area contributed by atoms with Crippen molar-refractivity contribution in [2.75, 3.05) is 0 Å². The molecule has 0 amide bonds. The Labute approximate surface area is 406 Å². The van der Waals surface area contributed by atoms with Crippen LogP contribution in [0.5, 0.6) is 0 Å². The fraction of sp³-hybridized carbons (Fsp3) is 0.818. The topological polar surface area (TPSA) is 175 Å². The van der Waals surface area contributed by atoms with Gasteiger partial charge in [-0.3, -0.25) is 0 Å². The zero-order chi connectivity index (χ0) is 55.8. The van der Waals surface area contributed by atoms with Crippen molar-refractivity contribution in [3.8, 4) is 0 Å². The van der Waals surface area contributed by atoms with Crippen molar-refractivity contribution in [3.05, 3.63) is 34.4 Å². The maximum absolute atomic E-state index is 10.7. The highest BCUT2D eigenvalue weighted by molar-refractivity contribution is 7.86. The number of aromatic nitrogens is 4. The van der Waals surface area contributed by atoms with Crippen LogP contribution < -0.4 is 9.13 Å². The van der Waals surface area contributed by atoms with Crippen molar-refractivity contribution in [2.45, 2.75) is 236 Å². The molecule has 0 saturated heterocycles. The van der Waals surface area contributed by atoms with Crippen LogP contribution in [0.2, 0.25) is 39.3 Å². The van der Waals surface area contributed by atoms with E-state index in [2.05, 4.69) is 210 Å². The van der Waals surface area contributed by atoms with E-state index in [0.717, 1.165) is 23.4 Å². The Kier molecular flexibility index (Phi) is 21.3. The fourth-order valence-corrected chi connectivity index (χ4v) is 8.01. The van der Waals surface area contributed by atoms with E-state index in [-0.39, 0.29) is 33.2 Å². The first-order valence-electron chi connectivity index (χ1n) is 21.9. The van der Waals surface area contributed by atoms with Crippen LogP contribution in [-0.2, 0) is 51.2 Å². The zero-order valence-electron chi connectivity index (χ0n) is 46.0. The van der Waals surface area contributed by atoms with Gasteiger partial charge in [0, 0.05) is 27.7 Å². The molecule has 0 spiro atoms. The van der Waals surface area contributed by atoms with Crippen LogP contribution in [0.25, 0.3) is 0 Å². The van der Waals surface area contributed by atoms with Crippen molar-refractivity contribution in [1.29, 1.82) is 0 Å². The molecule has 2 aromatic heterocycles. The summed E-state index contributed by atoms with van der Waals surface area (Å²) in [6.45, 7) is 61.9. The molecule has 0 aliphatic rings. The van der Waals surface area contributed by atoms with Crippen LogP contribution in [0.1, 0.15) is 159 Å². The second-order valence-corrected chi connectivity index (χ2v) is 36.0. The van der Waals surface area contributed by atoms with Gasteiger partial charge in [-0.1, -0.05) is 0 Å². The van der Waals surface area contributed by atoms with E-state index in [0.29, 0.717) is 0 Å². The summed E-state index contributed by atoms with van der Waals surface area (Å²) in [6.07, 6.45) is 0. The first-order valence-corrected chi connectivity index (χ1v) is 31.6. The van der Waals surface area contributed by atoms with Gasteiger partial charge in [0.25, 0.3) is 11.8 Å². The van der Waals surface area contributed by atoms with Crippen molar-refractivity contribution < 1.29 is 70.3 Å². The molecule has 400 valence electrons. The summed E-state index contributed by atoms with van der Waals surface area (Å²) in [5.74, 6) is 3.71. The van der Waals surface area contributed by atoms with E-state index in [1.807, 2.05) is 0 Å². The summed E-state index contributed by atoms with van der Waals surface area (Å²) in [6, 6.07) is 0. The molecule has 2 rings (SSSR count). The third-order valence-corrected chi connectivity index (χ3v) is 11.3. The van der Waals surface area contributed by atoms with E-state index < -0.39 is 47.9 Å². The first-order chi connectivity index (χ1) is 29.0. The second-order valence-electron chi connectivity index (χ2n) is 24.4. The van der Waals surface area contributed by atoms with Gasteiger partial charge in [0.2, 0.25) is 16.6 Å². The Balaban J connectivity index is 0. The molecule has 2 heterocycles. The van der Waals surface area contributed by atoms with Gasteiger partial charge in [0.1, 0.15) is 44.9 Å². The van der Waals surface area contributed by atoms with E-state index in [9.17, 15) is 26.3 Å². The normalized spacial score (nSPS) is 14.6. The number of imidazole rings is 2. The van der Waals surface area contributed by atoms with Gasteiger partial charge < -0.3 is 18.0 Å². The van der Waals surface area contributed by atoms with Crippen LogP contribution in [0.15, 0.2) is 9.98 Å². The summed E-state index contributed by atoms with van der Waals surface area (Å²) in [4.78, 5) is 10.1. The maximum atomic E-state index is 10.7. The molecule has 0 fully saturated rings. The molecular weight excluding hydrogens is 975 g/mol. The van der Waals surface area contributed by atoms with Gasteiger partial charge in [-0.25, -0.2) is 45.1 Å². The number of nitrogens with zero attached hydrogens (tertiary/aromatic N) is 6. The molecule has 0 unspecified atom stereocenters. The summed E-state index contributed by atoms with van der Waals surface area (Å²) in [5, 5.41) is 0. The quantitative estimate of drug-likeness (QED) is 0.0553. The predicted molar refractivity (Wildman–Crippen MR) is 261 cm³/mol. The van der Waals surface area contributed by atoms with Gasteiger partial charge in [-0.15, -0.1) is 0 Å². The smallest absolute Gasteiger partial charge is 0.485 e. The minimum Gasteiger partial charge on any atom is -0.741 e. The molecular formula is C44H84F6N6O8S2Si2. The van der Waals surface area contributed by atoms with Crippen molar-refractivity contribution in [1.82, 2.24) is 9.13 Å². The Morgan fingerprint density at radius 1 is 0.485 bits per heavy atom. The van der Waals surface area contributed by atoms with Gasteiger partial charge in [0.05, 0.1) is 11.1 Å². The molecule has 0 aliphatic heterocycles. The maximum Gasteiger partial charge on any atom is 0.485 e. The lowest BCUT2D eigenvalue weighted by Gasteiger charge is -2.27. The molecule has 0 atom stereocenters. The molecule has 0 aromatic carbocycles. The molecule has 0 saturated carbocycles. The van der Waals surface area contributed by atoms with Crippen molar-refractivity contribution in [2.24, 2.45) is 9.98 Å². The highest BCUT2D eigenvalue weighted by Gasteiger charge is 2.45. The predicted octanol–water partition coefficient (Wildman–Crippen LogP) is 10.7. The lowest BCUT2D eigenvalue weighted by molar-refractivity contribution is -0.760. The highest BCUT2D eigenvalue weighted by atomic mass is 32.2. The third-order valence-electron chi connectivity index (χ3n) is 8.55. The third kappa shape index (κ3) is 21.3. The molecule has 0 radical (unpaired) electrons. The van der Waals surface area contributed by atoms with E-state index >= 15 is 0 Å². The molecule has 14 nitrogen and oxygen atoms in total. The van der Waals surface area contributed by atoms with Gasteiger partial charge in [-0.2, -0.15) is 26.3 Å². The number of halogens is 6. The molecule has 0 bridgehead atoms. The highest BCUT2D eigenvalue weighted by Crippen LogP contribution is 2.29. The number of aliphatic imine (C=N–C) groups is 2. The number of hydrogen-bond acceptors (Lipinski definition) is 10.